The van der Waals surface area contributed by atoms with Crippen molar-refractivity contribution in [1.82, 2.24) is 4.90 Å². The molecule has 0 bridgehead atoms. The molecule has 1 aliphatic carbocycles. The van der Waals surface area contributed by atoms with Crippen LogP contribution in [0.2, 0.25) is 0 Å². The van der Waals surface area contributed by atoms with Crippen molar-refractivity contribution in [3.05, 3.63) is 35.2 Å². The molecule has 0 atom stereocenters. The third-order valence-corrected chi connectivity index (χ3v) is 5.18. The lowest BCUT2D eigenvalue weighted by Crippen LogP contribution is -2.35. The van der Waals surface area contributed by atoms with Crippen LogP contribution in [-0.2, 0) is 6.54 Å². The fourth-order valence-electron chi connectivity index (χ4n) is 3.16. The van der Waals surface area contributed by atoms with Gasteiger partial charge in [-0.05, 0) is 35.2 Å². The van der Waals surface area contributed by atoms with Crippen molar-refractivity contribution in [2.24, 2.45) is 0 Å². The van der Waals surface area contributed by atoms with E-state index in [-0.39, 0.29) is 6.61 Å². The molecule has 0 unspecified atom stereocenters. The van der Waals surface area contributed by atoms with Crippen LogP contribution in [0.3, 0.4) is 0 Å². The molecule has 102 valence electrons. The lowest BCUT2D eigenvalue weighted by molar-refractivity contribution is 0.145. The Morgan fingerprint density at radius 2 is 2.00 bits per heavy atom. The van der Waals surface area contributed by atoms with E-state index in [1.54, 1.807) is 0 Å². The number of aliphatic hydroxyl groups is 1. The smallest absolute Gasteiger partial charge is 0.0558 e. The lowest BCUT2D eigenvalue weighted by atomic mass is 10.1. The molecule has 0 aliphatic heterocycles. The Labute approximate surface area is 118 Å². The van der Waals surface area contributed by atoms with Crippen LogP contribution in [-0.4, -0.2) is 29.2 Å². The van der Waals surface area contributed by atoms with Gasteiger partial charge in [0.15, 0.2) is 0 Å². The molecular weight excluding hydrogens is 254 g/mol. The first kappa shape index (κ1) is 13.1. The summed E-state index contributed by atoms with van der Waals surface area (Å²) in [6, 6.07) is 9.30. The van der Waals surface area contributed by atoms with Gasteiger partial charge in [-0.1, -0.05) is 31.0 Å². The van der Waals surface area contributed by atoms with Crippen LogP contribution < -0.4 is 0 Å². The number of aliphatic hydroxyl groups excluding tert-OH is 1. The molecule has 19 heavy (non-hydrogen) atoms. The molecule has 1 aromatic carbocycles. The summed E-state index contributed by atoms with van der Waals surface area (Å²) < 4.78 is 1.37. The van der Waals surface area contributed by atoms with Gasteiger partial charge in [0, 0.05) is 23.8 Å². The zero-order valence-electron chi connectivity index (χ0n) is 11.2. The van der Waals surface area contributed by atoms with Gasteiger partial charge in [0.1, 0.15) is 0 Å². The number of hydrogen-bond donors (Lipinski definition) is 1. The number of hydrogen-bond acceptors (Lipinski definition) is 3. The molecule has 2 nitrogen and oxygen atoms in total. The van der Waals surface area contributed by atoms with Crippen LogP contribution in [0.5, 0.6) is 0 Å². The molecular formula is C16H21NOS. The van der Waals surface area contributed by atoms with Gasteiger partial charge in [0.25, 0.3) is 0 Å². The van der Waals surface area contributed by atoms with Crippen LogP contribution >= 0.6 is 11.3 Å². The fraction of sp³-hybridized carbons (Fsp3) is 0.500. The second-order valence-electron chi connectivity index (χ2n) is 5.39. The molecule has 2 aromatic rings. The average molecular weight is 275 g/mol. The summed E-state index contributed by atoms with van der Waals surface area (Å²) in [5, 5.41) is 13.0. The monoisotopic (exact) mass is 275 g/mol. The summed E-state index contributed by atoms with van der Waals surface area (Å²) in [6.07, 6.45) is 5.28. The van der Waals surface area contributed by atoms with Gasteiger partial charge in [0.2, 0.25) is 0 Å². The highest BCUT2D eigenvalue weighted by molar-refractivity contribution is 7.17. The Bertz CT molecular complexity index is 530. The molecule has 0 spiro atoms. The average Bonchev–Trinajstić information content (AvgIpc) is 3.08. The summed E-state index contributed by atoms with van der Waals surface area (Å²) >= 11 is 1.83. The Morgan fingerprint density at radius 1 is 1.21 bits per heavy atom. The van der Waals surface area contributed by atoms with Crippen molar-refractivity contribution in [2.75, 3.05) is 13.2 Å². The second-order valence-corrected chi connectivity index (χ2v) is 6.30. The summed E-state index contributed by atoms with van der Waals surface area (Å²) in [6.45, 7) is 2.04. The standard InChI is InChI=1S/C16H21NOS/c18-10-9-17(14-5-1-2-6-14)11-13-12-19-16-8-4-3-7-15(13)16/h3-4,7-8,12,14,18H,1-2,5-6,9-11H2. The van der Waals surface area contributed by atoms with Crippen molar-refractivity contribution in [1.29, 1.82) is 0 Å². The molecule has 0 saturated heterocycles. The number of benzene rings is 1. The minimum absolute atomic E-state index is 0.262. The maximum Gasteiger partial charge on any atom is 0.0558 e. The van der Waals surface area contributed by atoms with Gasteiger partial charge in [0.05, 0.1) is 6.61 Å². The van der Waals surface area contributed by atoms with Crippen LogP contribution in [0.1, 0.15) is 31.2 Å². The van der Waals surface area contributed by atoms with E-state index in [9.17, 15) is 5.11 Å². The molecule has 1 N–H and O–H groups in total. The Kier molecular flexibility index (Phi) is 4.16. The highest BCUT2D eigenvalue weighted by Gasteiger charge is 2.22. The molecule has 3 heteroatoms. The molecule has 1 fully saturated rings. The molecule has 3 rings (SSSR count). The Hall–Kier alpha value is -0.900. The third kappa shape index (κ3) is 2.83. The molecule has 1 saturated carbocycles. The van der Waals surface area contributed by atoms with E-state index in [4.69, 9.17) is 0 Å². The quantitative estimate of drug-likeness (QED) is 0.900. The SMILES string of the molecule is OCCN(Cc1csc2ccccc12)C1CCCC1. The van der Waals surface area contributed by atoms with Crippen molar-refractivity contribution in [3.63, 3.8) is 0 Å². The predicted octanol–water partition coefficient (Wildman–Crippen LogP) is 3.64. The van der Waals surface area contributed by atoms with E-state index >= 15 is 0 Å². The van der Waals surface area contributed by atoms with Crippen LogP contribution in [0.25, 0.3) is 10.1 Å². The predicted molar refractivity (Wildman–Crippen MR) is 81.6 cm³/mol. The van der Waals surface area contributed by atoms with Crippen molar-refractivity contribution >= 4 is 21.4 Å². The molecule has 1 heterocycles. The number of rotatable bonds is 5. The Morgan fingerprint density at radius 3 is 2.79 bits per heavy atom. The number of nitrogens with zero attached hydrogens (tertiary/aromatic N) is 1. The third-order valence-electron chi connectivity index (χ3n) is 4.16. The summed E-state index contributed by atoms with van der Waals surface area (Å²) in [5.74, 6) is 0. The van der Waals surface area contributed by atoms with E-state index in [0.29, 0.717) is 6.04 Å². The van der Waals surface area contributed by atoms with Gasteiger partial charge < -0.3 is 5.11 Å². The summed E-state index contributed by atoms with van der Waals surface area (Å²) in [7, 11) is 0. The van der Waals surface area contributed by atoms with Crippen LogP contribution in [0.4, 0.5) is 0 Å². The molecule has 1 aromatic heterocycles. The number of fused-ring (bicyclic) bond motifs is 1. The highest BCUT2D eigenvalue weighted by Crippen LogP contribution is 2.29. The lowest BCUT2D eigenvalue weighted by Gasteiger charge is -2.27. The van der Waals surface area contributed by atoms with Gasteiger partial charge >= 0.3 is 0 Å². The molecule has 0 amide bonds. The minimum Gasteiger partial charge on any atom is -0.395 e. The van der Waals surface area contributed by atoms with Crippen LogP contribution in [0, 0.1) is 0 Å². The normalized spacial score (nSPS) is 16.7. The van der Waals surface area contributed by atoms with Crippen LogP contribution in [0.15, 0.2) is 29.6 Å². The van der Waals surface area contributed by atoms with E-state index < -0.39 is 0 Å². The van der Waals surface area contributed by atoms with Gasteiger partial charge in [-0.15, -0.1) is 11.3 Å². The van der Waals surface area contributed by atoms with Gasteiger partial charge in [-0.2, -0.15) is 0 Å². The highest BCUT2D eigenvalue weighted by atomic mass is 32.1. The first-order valence-corrected chi connectivity index (χ1v) is 8.06. The minimum atomic E-state index is 0.262. The largest absolute Gasteiger partial charge is 0.395 e. The van der Waals surface area contributed by atoms with E-state index in [1.807, 2.05) is 11.3 Å². The first-order chi connectivity index (χ1) is 9.38. The fourth-order valence-corrected chi connectivity index (χ4v) is 4.12. The van der Waals surface area contributed by atoms with Crippen molar-refractivity contribution in [3.8, 4) is 0 Å². The summed E-state index contributed by atoms with van der Waals surface area (Å²) in [5.41, 5.74) is 1.42. The molecule has 1 aliphatic rings. The van der Waals surface area contributed by atoms with E-state index in [0.717, 1.165) is 13.1 Å². The zero-order chi connectivity index (χ0) is 13.1. The van der Waals surface area contributed by atoms with Gasteiger partial charge in [-0.25, -0.2) is 0 Å². The van der Waals surface area contributed by atoms with E-state index in [1.165, 1.54) is 41.3 Å². The number of thiophene rings is 1. The topological polar surface area (TPSA) is 23.5 Å². The zero-order valence-corrected chi connectivity index (χ0v) is 12.0. The Balaban J connectivity index is 1.80. The van der Waals surface area contributed by atoms with E-state index in [2.05, 4.69) is 34.5 Å². The maximum absolute atomic E-state index is 9.30. The first-order valence-electron chi connectivity index (χ1n) is 7.18. The maximum atomic E-state index is 9.30. The molecule has 0 radical (unpaired) electrons. The summed E-state index contributed by atoms with van der Waals surface area (Å²) in [4.78, 5) is 2.47. The van der Waals surface area contributed by atoms with Crippen molar-refractivity contribution in [2.45, 2.75) is 38.3 Å². The van der Waals surface area contributed by atoms with Crippen molar-refractivity contribution < 1.29 is 5.11 Å². The second kappa shape index (κ2) is 6.04. The van der Waals surface area contributed by atoms with Gasteiger partial charge in [-0.3, -0.25) is 4.90 Å².